The topological polar surface area (TPSA) is 138 Å². The van der Waals surface area contributed by atoms with Crippen molar-refractivity contribution in [3.63, 3.8) is 0 Å². The number of piperidine rings is 1. The van der Waals surface area contributed by atoms with Crippen molar-refractivity contribution in [2.45, 2.75) is 24.2 Å². The fourth-order valence-corrected chi connectivity index (χ4v) is 7.37. The first kappa shape index (κ1) is 26.1. The Bertz CT molecular complexity index is 1810. The molecule has 10 nitrogen and oxygen atoms in total. The van der Waals surface area contributed by atoms with Gasteiger partial charge in [0, 0.05) is 42.8 Å². The molecule has 0 spiro atoms. The van der Waals surface area contributed by atoms with E-state index in [1.165, 1.54) is 39.9 Å². The normalized spacial score (nSPS) is 16.4. The Morgan fingerprint density at radius 2 is 1.93 bits per heavy atom. The molecular weight excluding hydrogens is 550 g/mol. The van der Waals surface area contributed by atoms with E-state index in [2.05, 4.69) is 4.98 Å². The van der Waals surface area contributed by atoms with Gasteiger partial charge in [0.25, 0.3) is 0 Å². The lowest BCUT2D eigenvalue weighted by molar-refractivity contribution is 0.0696. The van der Waals surface area contributed by atoms with Crippen LogP contribution in [0.15, 0.2) is 77.3 Å². The van der Waals surface area contributed by atoms with Crippen molar-refractivity contribution in [2.24, 2.45) is 5.92 Å². The van der Waals surface area contributed by atoms with Crippen LogP contribution in [0, 0.1) is 5.92 Å². The lowest BCUT2D eigenvalue weighted by Gasteiger charge is -2.31. The second-order valence-electron chi connectivity index (χ2n) is 9.68. The summed E-state index contributed by atoms with van der Waals surface area (Å²) in [5, 5.41) is 21.1. The third kappa shape index (κ3) is 4.96. The van der Waals surface area contributed by atoms with Crippen LogP contribution >= 0.6 is 11.3 Å². The fraction of sp³-hybridized carbons (Fsp3) is 0.214. The van der Waals surface area contributed by atoms with Crippen LogP contribution in [0.3, 0.4) is 0 Å². The van der Waals surface area contributed by atoms with E-state index in [-0.39, 0.29) is 22.1 Å². The van der Waals surface area contributed by atoms with E-state index >= 15 is 0 Å². The number of rotatable bonds is 7. The number of aromatic nitrogens is 4. The highest BCUT2D eigenvalue weighted by molar-refractivity contribution is 7.89. The van der Waals surface area contributed by atoms with Crippen LogP contribution in [0.25, 0.3) is 27.6 Å². The Hall–Kier alpha value is -4.13. The minimum atomic E-state index is -3.76. The summed E-state index contributed by atoms with van der Waals surface area (Å²) in [4.78, 5) is 26.2. The van der Waals surface area contributed by atoms with E-state index < -0.39 is 16.0 Å². The summed E-state index contributed by atoms with van der Waals surface area (Å²) >= 11 is 1.51. The van der Waals surface area contributed by atoms with Crippen molar-refractivity contribution >= 4 is 32.3 Å². The van der Waals surface area contributed by atoms with E-state index in [4.69, 9.17) is 15.1 Å². The quantitative estimate of drug-likeness (QED) is 0.288. The molecule has 0 bridgehead atoms. The Kier molecular flexibility index (Phi) is 6.82. The lowest BCUT2D eigenvalue weighted by Crippen LogP contribution is -2.40. The Morgan fingerprint density at radius 3 is 2.70 bits per heavy atom. The standard InChI is InChI=1S/C28H25N5O5S2/c34-21-5-1-4-20(16-21)25-26(33-13-14-39-28(33)31-25)23-10-11-29-24(30-23)15-18-3-2-12-32(17-18)40(37,38)22-8-6-19(7-9-22)27(35)36/h1,4-11,13-14,16,18,34H,2-3,12,15,17H2,(H,35,36)/t18-/m0/s1. The number of hydrogen-bond acceptors (Lipinski definition) is 8. The Morgan fingerprint density at radius 1 is 1.10 bits per heavy atom. The molecule has 0 aliphatic carbocycles. The number of carbonyl (C=O) groups is 1. The molecule has 0 radical (unpaired) electrons. The predicted octanol–water partition coefficient (Wildman–Crippen LogP) is 4.57. The van der Waals surface area contributed by atoms with Gasteiger partial charge < -0.3 is 10.2 Å². The van der Waals surface area contributed by atoms with Gasteiger partial charge in [-0.3, -0.25) is 4.40 Å². The average Bonchev–Trinajstić information content (AvgIpc) is 3.55. The zero-order valence-electron chi connectivity index (χ0n) is 21.2. The van der Waals surface area contributed by atoms with Gasteiger partial charge in [-0.1, -0.05) is 12.1 Å². The number of phenolic OH excluding ortho intramolecular Hbond substituents is 1. The van der Waals surface area contributed by atoms with Gasteiger partial charge >= 0.3 is 5.97 Å². The Labute approximate surface area is 234 Å². The summed E-state index contributed by atoms with van der Waals surface area (Å²) in [6.45, 7) is 0.728. The summed E-state index contributed by atoms with van der Waals surface area (Å²) in [7, 11) is -3.76. The van der Waals surface area contributed by atoms with Gasteiger partial charge in [-0.05, 0) is 61.2 Å². The number of benzene rings is 2. The van der Waals surface area contributed by atoms with Crippen molar-refractivity contribution < 1.29 is 23.4 Å². The average molecular weight is 576 g/mol. The molecule has 1 aliphatic heterocycles. The van der Waals surface area contributed by atoms with Crippen LogP contribution in [0.1, 0.15) is 29.0 Å². The van der Waals surface area contributed by atoms with Crippen molar-refractivity contribution in [3.05, 3.63) is 83.8 Å². The lowest BCUT2D eigenvalue weighted by atomic mass is 9.96. The molecule has 3 aromatic heterocycles. The zero-order valence-corrected chi connectivity index (χ0v) is 22.8. The second-order valence-corrected chi connectivity index (χ2v) is 12.5. The van der Waals surface area contributed by atoms with Gasteiger partial charge in [0.2, 0.25) is 10.0 Å². The minimum Gasteiger partial charge on any atom is -0.508 e. The molecule has 40 heavy (non-hydrogen) atoms. The first-order valence-electron chi connectivity index (χ1n) is 12.7. The summed E-state index contributed by atoms with van der Waals surface area (Å²) in [6.07, 6.45) is 5.69. The maximum absolute atomic E-state index is 13.3. The van der Waals surface area contributed by atoms with E-state index in [0.717, 1.165) is 22.6 Å². The summed E-state index contributed by atoms with van der Waals surface area (Å²) < 4.78 is 30.0. The van der Waals surface area contributed by atoms with Crippen LogP contribution < -0.4 is 0 Å². The molecule has 2 N–H and O–H groups in total. The molecule has 0 unspecified atom stereocenters. The van der Waals surface area contributed by atoms with Gasteiger partial charge in [-0.15, -0.1) is 11.3 Å². The highest BCUT2D eigenvalue weighted by Crippen LogP contribution is 2.35. The van der Waals surface area contributed by atoms with E-state index in [1.807, 2.05) is 28.1 Å². The fourth-order valence-electron chi connectivity index (χ4n) is 5.10. The molecule has 12 heteroatoms. The number of carboxylic acid groups (broad SMARTS) is 1. The molecule has 1 fully saturated rings. The van der Waals surface area contributed by atoms with Gasteiger partial charge in [-0.2, -0.15) is 4.31 Å². The second kappa shape index (κ2) is 10.5. The maximum Gasteiger partial charge on any atom is 0.335 e. The zero-order chi connectivity index (χ0) is 27.9. The summed E-state index contributed by atoms with van der Waals surface area (Å²) in [5.74, 6) is -0.319. The van der Waals surface area contributed by atoms with Gasteiger partial charge in [-0.25, -0.2) is 28.2 Å². The first-order valence-corrected chi connectivity index (χ1v) is 15.0. The number of fused-ring (bicyclic) bond motifs is 1. The van der Waals surface area contributed by atoms with Crippen molar-refractivity contribution in [2.75, 3.05) is 13.1 Å². The number of hydrogen-bond donors (Lipinski definition) is 2. The maximum atomic E-state index is 13.3. The molecule has 1 aliphatic rings. The van der Waals surface area contributed by atoms with Crippen molar-refractivity contribution in [3.8, 4) is 28.4 Å². The van der Waals surface area contributed by atoms with Gasteiger partial charge in [0.1, 0.15) is 17.3 Å². The molecule has 204 valence electrons. The number of carboxylic acids is 1. The number of thiazole rings is 1. The number of phenols is 1. The molecule has 2 aromatic carbocycles. The smallest absolute Gasteiger partial charge is 0.335 e. The Balaban J connectivity index is 1.26. The van der Waals surface area contributed by atoms with Crippen LogP contribution in [0.5, 0.6) is 5.75 Å². The predicted molar refractivity (Wildman–Crippen MR) is 150 cm³/mol. The largest absolute Gasteiger partial charge is 0.508 e. The van der Waals surface area contributed by atoms with Crippen LogP contribution in [-0.4, -0.2) is 61.3 Å². The van der Waals surface area contributed by atoms with Crippen LogP contribution in [-0.2, 0) is 16.4 Å². The number of aromatic carboxylic acids is 1. The number of aromatic hydroxyl groups is 1. The molecule has 0 amide bonds. The first-order chi connectivity index (χ1) is 19.3. The number of sulfonamides is 1. The van der Waals surface area contributed by atoms with E-state index in [1.54, 1.807) is 24.4 Å². The van der Waals surface area contributed by atoms with Crippen LogP contribution in [0.4, 0.5) is 0 Å². The van der Waals surface area contributed by atoms with Crippen molar-refractivity contribution in [1.29, 1.82) is 0 Å². The summed E-state index contributed by atoms with van der Waals surface area (Å²) in [5.41, 5.74) is 3.00. The van der Waals surface area contributed by atoms with Gasteiger partial charge in [0.05, 0.1) is 21.8 Å². The molecule has 0 saturated carbocycles. The van der Waals surface area contributed by atoms with Crippen LogP contribution in [0.2, 0.25) is 0 Å². The molecule has 6 rings (SSSR count). The summed E-state index contributed by atoms with van der Waals surface area (Å²) in [6, 6.07) is 14.1. The molecule has 1 atom stereocenters. The van der Waals surface area contributed by atoms with E-state index in [9.17, 15) is 18.3 Å². The SMILES string of the molecule is O=C(O)c1ccc(S(=O)(=O)N2CCC[C@@H](Cc3nccc(-c4c(-c5cccc(O)c5)nc5sccn45)n3)C2)cc1. The number of imidazole rings is 1. The molecule has 1 saturated heterocycles. The highest BCUT2D eigenvalue weighted by atomic mass is 32.2. The van der Waals surface area contributed by atoms with Crippen molar-refractivity contribution in [1.82, 2.24) is 23.7 Å². The third-order valence-corrected chi connectivity index (χ3v) is 9.66. The molecule has 4 heterocycles. The minimum absolute atomic E-state index is 0.0224. The highest BCUT2D eigenvalue weighted by Gasteiger charge is 2.31. The monoisotopic (exact) mass is 575 g/mol. The van der Waals surface area contributed by atoms with Gasteiger partial charge in [0.15, 0.2) is 4.96 Å². The molecule has 5 aromatic rings. The number of nitrogens with zero attached hydrogens (tertiary/aromatic N) is 5. The molecular formula is C28H25N5O5S2. The van der Waals surface area contributed by atoms with E-state index in [0.29, 0.717) is 43.1 Å². The third-order valence-electron chi connectivity index (χ3n) is 7.02.